The van der Waals surface area contributed by atoms with Crippen LogP contribution in [0.5, 0.6) is 0 Å². The van der Waals surface area contributed by atoms with Gasteiger partial charge in [0.05, 0.1) is 21.4 Å². The molecule has 1 aromatic heterocycles. The van der Waals surface area contributed by atoms with Crippen molar-refractivity contribution in [1.29, 1.82) is 0 Å². The van der Waals surface area contributed by atoms with Gasteiger partial charge in [-0.1, -0.05) is 35.3 Å². The number of benzene rings is 2. The molecule has 5 nitrogen and oxygen atoms in total. The number of carbonyl (C=O) groups is 1. The molecular formula is C21H19Cl2N3O2. The van der Waals surface area contributed by atoms with Crippen molar-refractivity contribution in [3.05, 3.63) is 79.6 Å². The first kappa shape index (κ1) is 20.1. The molecule has 28 heavy (non-hydrogen) atoms. The molecule has 1 amide bonds. The summed E-state index contributed by atoms with van der Waals surface area (Å²) in [6.45, 7) is 5.83. The second kappa shape index (κ2) is 8.17. The first-order valence-corrected chi connectivity index (χ1v) is 9.42. The van der Waals surface area contributed by atoms with Gasteiger partial charge in [-0.05, 0) is 61.7 Å². The van der Waals surface area contributed by atoms with E-state index >= 15 is 0 Å². The Bertz CT molecular complexity index is 1120. The topological polar surface area (TPSA) is 64.0 Å². The van der Waals surface area contributed by atoms with Crippen molar-refractivity contribution in [2.24, 2.45) is 0 Å². The van der Waals surface area contributed by atoms with E-state index in [0.717, 1.165) is 21.4 Å². The molecule has 0 atom stereocenters. The third kappa shape index (κ3) is 4.26. The Labute approximate surface area is 172 Å². The second-order valence-electron chi connectivity index (χ2n) is 6.62. The van der Waals surface area contributed by atoms with Gasteiger partial charge in [0.2, 0.25) is 5.91 Å². The smallest absolute Gasteiger partial charge is 0.267 e. The molecule has 0 unspecified atom stereocenters. The van der Waals surface area contributed by atoms with Crippen LogP contribution in [0.4, 0.5) is 5.69 Å². The molecule has 0 aliphatic rings. The van der Waals surface area contributed by atoms with Gasteiger partial charge >= 0.3 is 0 Å². The van der Waals surface area contributed by atoms with Crippen LogP contribution in [0.1, 0.15) is 16.7 Å². The van der Waals surface area contributed by atoms with Gasteiger partial charge in [-0.15, -0.1) is 0 Å². The summed E-state index contributed by atoms with van der Waals surface area (Å²) in [6.07, 6.45) is 0. The highest BCUT2D eigenvalue weighted by Gasteiger charge is 2.12. The van der Waals surface area contributed by atoms with Crippen LogP contribution in [0.25, 0.3) is 11.3 Å². The van der Waals surface area contributed by atoms with Crippen LogP contribution < -0.4 is 10.9 Å². The number of anilines is 1. The van der Waals surface area contributed by atoms with E-state index in [4.69, 9.17) is 23.2 Å². The summed E-state index contributed by atoms with van der Waals surface area (Å²) in [5.41, 5.74) is 4.95. The molecule has 0 radical (unpaired) electrons. The highest BCUT2D eigenvalue weighted by molar-refractivity contribution is 6.43. The van der Waals surface area contributed by atoms with Gasteiger partial charge in [-0.3, -0.25) is 9.59 Å². The second-order valence-corrected chi connectivity index (χ2v) is 7.40. The minimum atomic E-state index is -0.423. The molecule has 3 rings (SSSR count). The number of halogens is 2. The molecular weight excluding hydrogens is 397 g/mol. The number of hydrogen-bond donors (Lipinski definition) is 1. The van der Waals surface area contributed by atoms with Crippen molar-refractivity contribution in [3.63, 3.8) is 0 Å². The van der Waals surface area contributed by atoms with Crippen molar-refractivity contribution in [3.8, 4) is 11.3 Å². The highest BCUT2D eigenvalue weighted by atomic mass is 35.5. The molecule has 3 aromatic rings. The Hall–Kier alpha value is -2.63. The molecule has 0 aliphatic heterocycles. The lowest BCUT2D eigenvalue weighted by molar-refractivity contribution is -0.117. The summed E-state index contributed by atoms with van der Waals surface area (Å²) in [5.74, 6) is -0.423. The molecule has 2 aromatic carbocycles. The third-order valence-electron chi connectivity index (χ3n) is 4.50. The highest BCUT2D eigenvalue weighted by Crippen LogP contribution is 2.29. The summed E-state index contributed by atoms with van der Waals surface area (Å²) >= 11 is 12.1. The standard InChI is InChI=1S/C21H19Cl2N3O2/c1-12-9-14(3)15(10-13(12)2)17-7-8-20(28)26(25-17)11-19(27)24-18-6-4-5-16(22)21(18)23/h4-10H,11H2,1-3H3,(H,24,27). The molecule has 1 heterocycles. The molecule has 0 spiro atoms. The van der Waals surface area contributed by atoms with Crippen LogP contribution in [0.15, 0.2) is 47.3 Å². The molecule has 0 saturated carbocycles. The fraction of sp³-hybridized carbons (Fsp3) is 0.190. The van der Waals surface area contributed by atoms with Crippen LogP contribution in [0.3, 0.4) is 0 Å². The van der Waals surface area contributed by atoms with Gasteiger partial charge in [-0.25, -0.2) is 4.68 Å². The number of aryl methyl sites for hydroxylation is 3. The minimum Gasteiger partial charge on any atom is -0.323 e. The number of nitrogens with zero attached hydrogens (tertiary/aromatic N) is 2. The Morgan fingerprint density at radius 1 is 1.04 bits per heavy atom. The monoisotopic (exact) mass is 415 g/mol. The Morgan fingerprint density at radius 2 is 1.75 bits per heavy atom. The number of rotatable bonds is 4. The molecule has 0 fully saturated rings. The van der Waals surface area contributed by atoms with Crippen molar-refractivity contribution < 1.29 is 4.79 Å². The summed E-state index contributed by atoms with van der Waals surface area (Å²) in [5, 5.41) is 7.62. The number of hydrogen-bond acceptors (Lipinski definition) is 3. The van der Waals surface area contributed by atoms with Gasteiger partial charge in [-0.2, -0.15) is 5.10 Å². The van der Waals surface area contributed by atoms with Crippen LogP contribution in [-0.4, -0.2) is 15.7 Å². The van der Waals surface area contributed by atoms with Gasteiger partial charge < -0.3 is 5.32 Å². The first-order valence-electron chi connectivity index (χ1n) is 8.66. The largest absolute Gasteiger partial charge is 0.323 e. The first-order chi connectivity index (χ1) is 13.3. The van der Waals surface area contributed by atoms with E-state index < -0.39 is 5.91 Å². The van der Waals surface area contributed by atoms with E-state index in [9.17, 15) is 9.59 Å². The van der Waals surface area contributed by atoms with Crippen LogP contribution >= 0.6 is 23.2 Å². The third-order valence-corrected chi connectivity index (χ3v) is 5.32. The zero-order valence-electron chi connectivity index (χ0n) is 15.7. The molecule has 7 heteroatoms. The van der Waals surface area contributed by atoms with Gasteiger partial charge in [0.25, 0.3) is 5.56 Å². The molecule has 0 bridgehead atoms. The number of nitrogens with one attached hydrogen (secondary N) is 1. The lowest BCUT2D eigenvalue weighted by Crippen LogP contribution is -2.29. The van der Waals surface area contributed by atoms with E-state index in [1.807, 2.05) is 26.8 Å². The van der Waals surface area contributed by atoms with Gasteiger partial charge in [0, 0.05) is 11.6 Å². The summed E-state index contributed by atoms with van der Waals surface area (Å²) < 4.78 is 1.14. The Kier molecular flexibility index (Phi) is 5.87. The molecule has 144 valence electrons. The predicted octanol–water partition coefficient (Wildman–Crippen LogP) is 4.78. The van der Waals surface area contributed by atoms with Crippen molar-refractivity contribution in [1.82, 2.24) is 9.78 Å². The van der Waals surface area contributed by atoms with E-state index in [-0.39, 0.29) is 17.1 Å². The summed E-state index contributed by atoms with van der Waals surface area (Å²) in [7, 11) is 0. The zero-order chi connectivity index (χ0) is 20.4. The van der Waals surface area contributed by atoms with E-state index in [2.05, 4.69) is 16.5 Å². The summed E-state index contributed by atoms with van der Waals surface area (Å²) in [4.78, 5) is 24.6. The van der Waals surface area contributed by atoms with Crippen molar-refractivity contribution >= 4 is 34.8 Å². The number of amides is 1. The van der Waals surface area contributed by atoms with Gasteiger partial charge in [0.15, 0.2) is 0 Å². The van der Waals surface area contributed by atoms with E-state index in [1.54, 1.807) is 24.3 Å². The fourth-order valence-electron chi connectivity index (χ4n) is 2.87. The Morgan fingerprint density at radius 3 is 2.50 bits per heavy atom. The average molecular weight is 416 g/mol. The predicted molar refractivity (Wildman–Crippen MR) is 113 cm³/mol. The maximum atomic E-state index is 12.4. The SMILES string of the molecule is Cc1cc(C)c(-c2ccc(=O)n(CC(=O)Nc3cccc(Cl)c3Cl)n2)cc1C. The fourth-order valence-corrected chi connectivity index (χ4v) is 3.22. The van der Waals surface area contributed by atoms with Crippen LogP contribution in [0.2, 0.25) is 10.0 Å². The maximum absolute atomic E-state index is 12.4. The average Bonchev–Trinajstić information content (AvgIpc) is 2.64. The molecule has 0 aliphatic carbocycles. The maximum Gasteiger partial charge on any atom is 0.267 e. The quantitative estimate of drug-likeness (QED) is 0.666. The van der Waals surface area contributed by atoms with Crippen molar-refractivity contribution in [2.45, 2.75) is 27.3 Å². The number of aromatic nitrogens is 2. The lowest BCUT2D eigenvalue weighted by Gasteiger charge is -2.12. The number of carbonyl (C=O) groups excluding carboxylic acids is 1. The minimum absolute atomic E-state index is 0.237. The van der Waals surface area contributed by atoms with Crippen LogP contribution in [-0.2, 0) is 11.3 Å². The lowest BCUT2D eigenvalue weighted by atomic mass is 9.99. The Balaban J connectivity index is 1.88. The van der Waals surface area contributed by atoms with Gasteiger partial charge in [0.1, 0.15) is 6.54 Å². The van der Waals surface area contributed by atoms with Crippen LogP contribution in [0, 0.1) is 20.8 Å². The normalized spacial score (nSPS) is 10.8. The van der Waals surface area contributed by atoms with E-state index in [1.165, 1.54) is 11.6 Å². The molecule has 0 saturated heterocycles. The van der Waals surface area contributed by atoms with E-state index in [0.29, 0.717) is 16.4 Å². The van der Waals surface area contributed by atoms with Crippen molar-refractivity contribution in [2.75, 3.05) is 5.32 Å². The molecule has 1 N–H and O–H groups in total. The summed E-state index contributed by atoms with van der Waals surface area (Å²) in [6, 6.07) is 12.1. The zero-order valence-corrected chi connectivity index (χ0v) is 17.2.